The maximum Gasteiger partial charge on any atom is 0.109 e. The molecule has 0 spiro atoms. The highest BCUT2D eigenvalue weighted by Gasteiger charge is 2.15. The summed E-state index contributed by atoms with van der Waals surface area (Å²) in [5.74, 6) is 1.77. The van der Waals surface area contributed by atoms with E-state index in [9.17, 15) is 0 Å². The Morgan fingerprint density at radius 2 is 1.54 bits per heavy atom. The van der Waals surface area contributed by atoms with E-state index >= 15 is 0 Å². The molecule has 5 aromatic rings. The van der Waals surface area contributed by atoms with Crippen molar-refractivity contribution in [3.05, 3.63) is 96.5 Å². The fourth-order valence-corrected chi connectivity index (χ4v) is 4.61. The Labute approximate surface area is 207 Å². The summed E-state index contributed by atoms with van der Waals surface area (Å²) in [6.45, 7) is 14.9. The second-order valence-electron chi connectivity index (χ2n) is 9.89. The van der Waals surface area contributed by atoms with Crippen molar-refractivity contribution in [1.82, 2.24) is 15.3 Å². The Balaban J connectivity index is 1.60. The largest absolute Gasteiger partial charge is 0.359 e. The minimum absolute atomic E-state index is 0.350. The number of nitrogens with one attached hydrogen (secondary N) is 2. The van der Waals surface area contributed by atoms with Crippen molar-refractivity contribution in [2.75, 3.05) is 0 Å². The Morgan fingerprint density at radius 1 is 0.857 bits per heavy atom. The van der Waals surface area contributed by atoms with Gasteiger partial charge in [-0.2, -0.15) is 0 Å². The topological polar surface area (TPSA) is 40.7 Å². The lowest BCUT2D eigenvalue weighted by molar-refractivity contribution is 0.724. The number of nitrogens with zero attached hydrogens (tertiary/aromatic N) is 1. The number of benzene rings is 4. The van der Waals surface area contributed by atoms with E-state index in [1.165, 1.54) is 32.7 Å². The summed E-state index contributed by atoms with van der Waals surface area (Å²) < 4.78 is 0. The number of aromatic nitrogens is 2. The standard InChI is InChI=1S/C32H33N3/c1-7-29(33-21(6)19(2)3)23-14-12-22(13-15-23)24-16-17-27-28(18-24)25-10-8-9-11-26(25)30-31(27)35-32(34-30)20(4)5/h7-20,33H,6H2,1-5H3,(H,34,35)/b29-7-. The Morgan fingerprint density at radius 3 is 2.20 bits per heavy atom. The maximum absolute atomic E-state index is 4.96. The van der Waals surface area contributed by atoms with Gasteiger partial charge in [-0.1, -0.05) is 101 Å². The van der Waals surface area contributed by atoms with E-state index in [4.69, 9.17) is 4.98 Å². The van der Waals surface area contributed by atoms with Crippen molar-refractivity contribution < 1.29 is 0 Å². The third-order valence-corrected chi connectivity index (χ3v) is 6.84. The summed E-state index contributed by atoms with van der Waals surface area (Å²) in [5, 5.41) is 8.36. The van der Waals surface area contributed by atoms with Crippen molar-refractivity contribution in [2.45, 2.75) is 40.5 Å². The molecular formula is C32H33N3. The highest BCUT2D eigenvalue weighted by Crippen LogP contribution is 2.37. The fourth-order valence-electron chi connectivity index (χ4n) is 4.61. The van der Waals surface area contributed by atoms with E-state index in [-0.39, 0.29) is 0 Å². The van der Waals surface area contributed by atoms with Crippen LogP contribution in [0.3, 0.4) is 0 Å². The zero-order chi connectivity index (χ0) is 24.7. The SMILES string of the molecule is C=C(N/C(=C\C)c1ccc(-c2ccc3c(c2)c2ccccc2c2nc(C(C)C)[nH]c32)cc1)C(C)C. The van der Waals surface area contributed by atoms with Gasteiger partial charge in [-0.3, -0.25) is 0 Å². The molecule has 3 nitrogen and oxygen atoms in total. The van der Waals surface area contributed by atoms with E-state index < -0.39 is 0 Å². The van der Waals surface area contributed by atoms with E-state index in [1.807, 2.05) is 0 Å². The number of imidazole rings is 1. The molecule has 5 rings (SSSR count). The number of fused-ring (bicyclic) bond motifs is 6. The predicted octanol–water partition coefficient (Wildman–Crippen LogP) is 8.78. The molecule has 0 saturated carbocycles. The molecule has 1 heterocycles. The van der Waals surface area contributed by atoms with Gasteiger partial charge < -0.3 is 10.3 Å². The van der Waals surface area contributed by atoms with Crippen LogP contribution >= 0.6 is 0 Å². The molecule has 0 bridgehead atoms. The first-order valence-electron chi connectivity index (χ1n) is 12.4. The summed E-state index contributed by atoms with van der Waals surface area (Å²) in [6.07, 6.45) is 2.10. The zero-order valence-corrected chi connectivity index (χ0v) is 21.2. The van der Waals surface area contributed by atoms with Gasteiger partial charge in [0.15, 0.2) is 0 Å². The van der Waals surface area contributed by atoms with Gasteiger partial charge in [-0.15, -0.1) is 0 Å². The molecule has 4 aromatic carbocycles. The molecule has 3 heteroatoms. The van der Waals surface area contributed by atoms with E-state index in [0.29, 0.717) is 11.8 Å². The van der Waals surface area contributed by atoms with Gasteiger partial charge in [0.25, 0.3) is 0 Å². The minimum Gasteiger partial charge on any atom is -0.359 e. The fraction of sp³-hybridized carbons (Fsp3) is 0.219. The Hall–Kier alpha value is -3.85. The number of allylic oxidation sites excluding steroid dienone is 2. The highest BCUT2D eigenvalue weighted by atomic mass is 14.9. The quantitative estimate of drug-likeness (QED) is 0.249. The van der Waals surface area contributed by atoms with E-state index in [1.54, 1.807) is 0 Å². The van der Waals surface area contributed by atoms with Crippen molar-refractivity contribution in [3.8, 4) is 11.1 Å². The van der Waals surface area contributed by atoms with E-state index in [2.05, 4.69) is 124 Å². The molecule has 176 valence electrons. The van der Waals surface area contributed by atoms with Crippen molar-refractivity contribution in [3.63, 3.8) is 0 Å². The molecule has 0 fully saturated rings. The molecule has 0 aliphatic carbocycles. The van der Waals surface area contributed by atoms with Gasteiger partial charge >= 0.3 is 0 Å². The monoisotopic (exact) mass is 459 g/mol. The zero-order valence-electron chi connectivity index (χ0n) is 21.2. The van der Waals surface area contributed by atoms with Crippen LogP contribution in [-0.4, -0.2) is 9.97 Å². The van der Waals surface area contributed by atoms with Crippen molar-refractivity contribution in [1.29, 1.82) is 0 Å². The minimum atomic E-state index is 0.350. The summed E-state index contributed by atoms with van der Waals surface area (Å²) in [5.41, 5.74) is 7.85. The third kappa shape index (κ3) is 4.12. The van der Waals surface area contributed by atoms with Crippen molar-refractivity contribution in [2.24, 2.45) is 5.92 Å². The first-order valence-corrected chi connectivity index (χ1v) is 12.4. The van der Waals surface area contributed by atoms with E-state index in [0.717, 1.165) is 33.8 Å². The molecule has 0 atom stereocenters. The third-order valence-electron chi connectivity index (χ3n) is 6.84. The van der Waals surface area contributed by atoms with Gasteiger partial charge in [0.1, 0.15) is 5.82 Å². The van der Waals surface area contributed by atoms with Crippen LogP contribution in [0.15, 0.2) is 85.1 Å². The van der Waals surface area contributed by atoms with Gasteiger partial charge in [-0.05, 0) is 46.4 Å². The van der Waals surface area contributed by atoms with Crippen LogP contribution in [0.25, 0.3) is 49.4 Å². The predicted molar refractivity (Wildman–Crippen MR) is 151 cm³/mol. The molecule has 0 aliphatic rings. The Bertz CT molecular complexity index is 1580. The lowest BCUT2D eigenvalue weighted by Gasteiger charge is -2.16. The van der Waals surface area contributed by atoms with Gasteiger partial charge in [0.05, 0.1) is 11.0 Å². The number of H-pyrrole nitrogens is 1. The first kappa shape index (κ1) is 22.9. The number of aromatic amines is 1. The second-order valence-corrected chi connectivity index (χ2v) is 9.89. The van der Waals surface area contributed by atoms with Crippen molar-refractivity contribution >= 4 is 38.3 Å². The molecule has 0 amide bonds. The van der Waals surface area contributed by atoms with Gasteiger partial charge in [-0.25, -0.2) is 4.98 Å². The van der Waals surface area contributed by atoms with Gasteiger partial charge in [0.2, 0.25) is 0 Å². The molecule has 0 saturated heterocycles. The second kappa shape index (κ2) is 9.07. The summed E-state index contributed by atoms with van der Waals surface area (Å²) in [4.78, 5) is 8.57. The average molecular weight is 460 g/mol. The molecule has 1 aromatic heterocycles. The van der Waals surface area contributed by atoms with Crippen LogP contribution in [0.1, 0.15) is 51.9 Å². The lowest BCUT2D eigenvalue weighted by atomic mass is 9.95. The van der Waals surface area contributed by atoms with Crippen LogP contribution in [0.4, 0.5) is 0 Å². The number of rotatable bonds is 6. The molecule has 2 N–H and O–H groups in total. The van der Waals surface area contributed by atoms with Crippen LogP contribution in [0.5, 0.6) is 0 Å². The average Bonchev–Trinajstić information content (AvgIpc) is 3.33. The molecular weight excluding hydrogens is 426 g/mol. The number of hydrogen-bond acceptors (Lipinski definition) is 2. The molecule has 0 aliphatic heterocycles. The summed E-state index contributed by atoms with van der Waals surface area (Å²) in [6, 6.07) is 24.1. The van der Waals surface area contributed by atoms with Crippen LogP contribution in [0.2, 0.25) is 0 Å². The number of hydrogen-bond donors (Lipinski definition) is 2. The molecule has 0 radical (unpaired) electrons. The highest BCUT2D eigenvalue weighted by molar-refractivity contribution is 6.23. The van der Waals surface area contributed by atoms with Gasteiger partial charge in [0, 0.05) is 28.1 Å². The maximum atomic E-state index is 4.96. The first-order chi connectivity index (χ1) is 16.9. The van der Waals surface area contributed by atoms with Crippen LogP contribution in [0, 0.1) is 5.92 Å². The molecule has 0 unspecified atom stereocenters. The molecule has 35 heavy (non-hydrogen) atoms. The Kier molecular flexibility index (Phi) is 5.94. The smallest absolute Gasteiger partial charge is 0.109 e. The van der Waals surface area contributed by atoms with Crippen LogP contribution < -0.4 is 5.32 Å². The summed E-state index contributed by atoms with van der Waals surface area (Å²) >= 11 is 0. The summed E-state index contributed by atoms with van der Waals surface area (Å²) in [7, 11) is 0. The lowest BCUT2D eigenvalue weighted by Crippen LogP contribution is -2.14. The van der Waals surface area contributed by atoms with Crippen LogP contribution in [-0.2, 0) is 0 Å². The normalized spacial score (nSPS) is 12.4.